The van der Waals surface area contributed by atoms with E-state index in [0.29, 0.717) is 0 Å². The second-order valence-corrected chi connectivity index (χ2v) is 5.78. The first kappa shape index (κ1) is 12.2. The van der Waals surface area contributed by atoms with Gasteiger partial charge in [0.05, 0.1) is 0 Å². The maximum absolute atomic E-state index is 2.34. The van der Waals surface area contributed by atoms with E-state index in [1.807, 2.05) is 0 Å². The summed E-state index contributed by atoms with van der Waals surface area (Å²) >= 11 is 0. The molecule has 0 unspecified atom stereocenters. The molecule has 0 saturated heterocycles. The largest absolute Gasteiger partial charge is 0.0683 e. The lowest BCUT2D eigenvalue weighted by molar-refractivity contribution is 1.19. The zero-order chi connectivity index (χ0) is 13.6. The molecule has 1 aliphatic carbocycles. The Hall–Kier alpha value is -1.82. The fraction of sp³-hybridized carbons (Fsp3) is 0.263. The molecule has 0 heterocycles. The monoisotopic (exact) mass is 248 g/mol. The second-order valence-electron chi connectivity index (χ2n) is 5.78. The van der Waals surface area contributed by atoms with Crippen LogP contribution >= 0.6 is 0 Å². The topological polar surface area (TPSA) is 0 Å². The van der Waals surface area contributed by atoms with Gasteiger partial charge in [-0.1, -0.05) is 42.0 Å². The van der Waals surface area contributed by atoms with E-state index < -0.39 is 0 Å². The molecule has 0 saturated carbocycles. The first-order chi connectivity index (χ1) is 9.06. The van der Waals surface area contributed by atoms with E-state index in [4.69, 9.17) is 0 Å². The summed E-state index contributed by atoms with van der Waals surface area (Å²) < 4.78 is 0. The quantitative estimate of drug-likeness (QED) is 0.647. The maximum Gasteiger partial charge on any atom is -0.00604 e. The molecular weight excluding hydrogens is 228 g/mol. The molecule has 2 aromatic rings. The predicted molar refractivity (Wildman–Crippen MR) is 83.4 cm³/mol. The molecule has 19 heavy (non-hydrogen) atoms. The van der Waals surface area contributed by atoms with Gasteiger partial charge in [0.15, 0.2) is 0 Å². The Morgan fingerprint density at radius 2 is 1.58 bits per heavy atom. The third kappa shape index (κ3) is 2.02. The van der Waals surface area contributed by atoms with Crippen molar-refractivity contribution >= 4 is 6.08 Å². The number of hydrogen-bond donors (Lipinski definition) is 0. The fourth-order valence-electron chi connectivity index (χ4n) is 2.98. The lowest BCUT2D eigenvalue weighted by atomic mass is 9.92. The zero-order valence-corrected chi connectivity index (χ0v) is 12.2. The molecule has 0 nitrogen and oxygen atoms in total. The number of benzene rings is 2. The molecule has 3 rings (SSSR count). The smallest absolute Gasteiger partial charge is 0.00604 e. The standard InChI is InChI=1S/C19H20/c1-12-8-16-6-5-7-18(19(16)9-12)17-10-13(2)15(4)14(3)11-17/h5-7,9-11H,8H2,1-4H3. The highest BCUT2D eigenvalue weighted by atomic mass is 14.2. The number of hydrogen-bond acceptors (Lipinski definition) is 0. The van der Waals surface area contributed by atoms with Crippen molar-refractivity contribution in [3.05, 3.63) is 63.7 Å². The van der Waals surface area contributed by atoms with Crippen molar-refractivity contribution in [2.75, 3.05) is 0 Å². The third-order valence-corrected chi connectivity index (χ3v) is 4.29. The summed E-state index contributed by atoms with van der Waals surface area (Å²) in [7, 11) is 0. The number of fused-ring (bicyclic) bond motifs is 1. The van der Waals surface area contributed by atoms with E-state index in [0.717, 1.165) is 6.42 Å². The molecule has 0 heteroatoms. The van der Waals surface area contributed by atoms with Crippen LogP contribution in [-0.2, 0) is 6.42 Å². The first-order valence-corrected chi connectivity index (χ1v) is 6.93. The minimum Gasteiger partial charge on any atom is -0.0683 e. The van der Waals surface area contributed by atoms with Gasteiger partial charge in [-0.15, -0.1) is 0 Å². The van der Waals surface area contributed by atoms with E-state index in [1.165, 1.54) is 44.5 Å². The maximum atomic E-state index is 2.34. The highest BCUT2D eigenvalue weighted by Crippen LogP contribution is 2.35. The summed E-state index contributed by atoms with van der Waals surface area (Å²) in [6.07, 6.45) is 3.45. The zero-order valence-electron chi connectivity index (χ0n) is 12.2. The Kier molecular flexibility index (Phi) is 2.82. The van der Waals surface area contributed by atoms with E-state index >= 15 is 0 Å². The Labute approximate surface area is 115 Å². The molecule has 0 amide bonds. The van der Waals surface area contributed by atoms with E-state index in [2.05, 4.69) is 64.1 Å². The van der Waals surface area contributed by atoms with Crippen LogP contribution in [0.4, 0.5) is 0 Å². The van der Waals surface area contributed by atoms with Crippen LogP contribution < -0.4 is 0 Å². The summed E-state index contributed by atoms with van der Waals surface area (Å²) in [4.78, 5) is 0. The lowest BCUT2D eigenvalue weighted by Crippen LogP contribution is -1.91. The van der Waals surface area contributed by atoms with E-state index in [1.54, 1.807) is 0 Å². The van der Waals surface area contributed by atoms with Crippen LogP contribution in [0.15, 0.2) is 35.9 Å². The van der Waals surface area contributed by atoms with Crippen molar-refractivity contribution in [1.29, 1.82) is 0 Å². The molecule has 0 atom stereocenters. The molecule has 0 fully saturated rings. The normalized spacial score (nSPS) is 13.4. The Bertz CT molecular complexity index is 664. The van der Waals surface area contributed by atoms with Crippen LogP contribution in [0.5, 0.6) is 0 Å². The van der Waals surface area contributed by atoms with Gasteiger partial charge in [-0.05, 0) is 73.1 Å². The van der Waals surface area contributed by atoms with Gasteiger partial charge in [-0.25, -0.2) is 0 Å². The minimum atomic E-state index is 1.10. The molecule has 0 N–H and O–H groups in total. The van der Waals surface area contributed by atoms with Gasteiger partial charge >= 0.3 is 0 Å². The highest BCUT2D eigenvalue weighted by Gasteiger charge is 2.14. The molecular formula is C19H20. The van der Waals surface area contributed by atoms with Gasteiger partial charge in [-0.3, -0.25) is 0 Å². The first-order valence-electron chi connectivity index (χ1n) is 6.93. The van der Waals surface area contributed by atoms with Gasteiger partial charge in [0, 0.05) is 0 Å². The third-order valence-electron chi connectivity index (χ3n) is 4.29. The lowest BCUT2D eigenvalue weighted by Gasteiger charge is -2.12. The Morgan fingerprint density at radius 3 is 2.26 bits per heavy atom. The van der Waals surface area contributed by atoms with Gasteiger partial charge < -0.3 is 0 Å². The van der Waals surface area contributed by atoms with E-state index in [9.17, 15) is 0 Å². The summed E-state index contributed by atoms with van der Waals surface area (Å²) in [5.74, 6) is 0. The summed E-state index contributed by atoms with van der Waals surface area (Å²) in [6, 6.07) is 11.3. The van der Waals surface area contributed by atoms with Crippen molar-refractivity contribution in [1.82, 2.24) is 0 Å². The van der Waals surface area contributed by atoms with Crippen molar-refractivity contribution in [2.24, 2.45) is 0 Å². The SMILES string of the molecule is CC1=Cc2c(cccc2-c2cc(C)c(C)c(C)c2)C1. The molecule has 2 aromatic carbocycles. The van der Waals surface area contributed by atoms with Gasteiger partial charge in [-0.2, -0.15) is 0 Å². The fourth-order valence-corrected chi connectivity index (χ4v) is 2.98. The van der Waals surface area contributed by atoms with Crippen molar-refractivity contribution in [2.45, 2.75) is 34.1 Å². The Morgan fingerprint density at radius 1 is 0.895 bits per heavy atom. The molecule has 0 radical (unpaired) electrons. The summed E-state index contributed by atoms with van der Waals surface area (Å²) in [5, 5.41) is 0. The van der Waals surface area contributed by atoms with Crippen LogP contribution in [-0.4, -0.2) is 0 Å². The van der Waals surface area contributed by atoms with Gasteiger partial charge in [0.1, 0.15) is 0 Å². The van der Waals surface area contributed by atoms with Crippen LogP contribution in [0.25, 0.3) is 17.2 Å². The van der Waals surface area contributed by atoms with E-state index in [-0.39, 0.29) is 0 Å². The number of rotatable bonds is 1. The average molecular weight is 248 g/mol. The van der Waals surface area contributed by atoms with Crippen molar-refractivity contribution in [3.8, 4) is 11.1 Å². The van der Waals surface area contributed by atoms with Crippen LogP contribution in [0.2, 0.25) is 0 Å². The Balaban J connectivity index is 2.22. The second kappa shape index (κ2) is 4.38. The van der Waals surface area contributed by atoms with Crippen LogP contribution in [0.3, 0.4) is 0 Å². The summed E-state index contributed by atoms with van der Waals surface area (Å²) in [5.41, 5.74) is 11.2. The minimum absolute atomic E-state index is 1.10. The van der Waals surface area contributed by atoms with Gasteiger partial charge in [0.2, 0.25) is 0 Å². The van der Waals surface area contributed by atoms with Gasteiger partial charge in [0.25, 0.3) is 0 Å². The van der Waals surface area contributed by atoms with Crippen molar-refractivity contribution < 1.29 is 0 Å². The molecule has 0 bridgehead atoms. The molecule has 0 spiro atoms. The van der Waals surface area contributed by atoms with Crippen LogP contribution in [0, 0.1) is 20.8 Å². The average Bonchev–Trinajstić information content (AvgIpc) is 2.75. The molecule has 1 aliphatic rings. The molecule has 0 aliphatic heterocycles. The predicted octanol–water partition coefficient (Wildman–Crippen LogP) is 5.24. The van der Waals surface area contributed by atoms with Crippen molar-refractivity contribution in [3.63, 3.8) is 0 Å². The number of aryl methyl sites for hydroxylation is 2. The highest BCUT2D eigenvalue weighted by molar-refractivity contribution is 5.81. The van der Waals surface area contributed by atoms with Crippen LogP contribution in [0.1, 0.15) is 34.7 Å². The summed E-state index contributed by atoms with van der Waals surface area (Å²) in [6.45, 7) is 8.83. The molecule has 0 aromatic heterocycles. The molecule has 96 valence electrons. The number of allylic oxidation sites excluding steroid dienone is 1.